The molecule has 0 aliphatic carbocycles. The van der Waals surface area contributed by atoms with E-state index in [-0.39, 0.29) is 18.2 Å². The summed E-state index contributed by atoms with van der Waals surface area (Å²) < 4.78 is 24.6. The van der Waals surface area contributed by atoms with Gasteiger partial charge in [-0.05, 0) is 13.8 Å². The Hall–Kier alpha value is -0.650. The first-order valence-electron chi connectivity index (χ1n) is 4.12. The Labute approximate surface area is 97.8 Å². The summed E-state index contributed by atoms with van der Waals surface area (Å²) in [4.78, 5) is 4.09. The van der Waals surface area contributed by atoms with Gasteiger partial charge in [0.1, 0.15) is 5.75 Å². The van der Waals surface area contributed by atoms with Gasteiger partial charge in [0, 0.05) is 17.3 Å². The van der Waals surface area contributed by atoms with Gasteiger partial charge < -0.3 is 9.29 Å². The molecule has 1 unspecified atom stereocenters. The number of nitrogens with zero attached hydrogens (tertiary/aromatic N) is 1. The van der Waals surface area contributed by atoms with Crippen molar-refractivity contribution in [2.75, 3.05) is 7.11 Å². The van der Waals surface area contributed by atoms with Crippen LogP contribution >= 0.6 is 12.4 Å². The van der Waals surface area contributed by atoms with E-state index < -0.39 is 11.1 Å². The third-order valence-electron chi connectivity index (χ3n) is 2.01. The topological polar surface area (TPSA) is 59.4 Å². The van der Waals surface area contributed by atoms with Crippen molar-refractivity contribution in [3.63, 3.8) is 0 Å². The Morgan fingerprint density at radius 3 is 2.60 bits per heavy atom. The van der Waals surface area contributed by atoms with Crippen molar-refractivity contribution in [1.29, 1.82) is 0 Å². The first kappa shape index (κ1) is 14.3. The average molecular weight is 252 g/mol. The molecule has 0 aliphatic heterocycles. The van der Waals surface area contributed by atoms with E-state index in [0.29, 0.717) is 5.69 Å². The molecular formula is C9H14ClNO3S. The fourth-order valence-electron chi connectivity index (χ4n) is 1.33. The fraction of sp³-hybridized carbons (Fsp3) is 0.444. The highest BCUT2D eigenvalue weighted by molar-refractivity contribution is 7.78. The number of hydrogen-bond acceptors (Lipinski definition) is 3. The maximum absolute atomic E-state index is 10.6. The molecule has 1 atom stereocenters. The molecule has 0 aliphatic rings. The molecule has 1 rings (SSSR count). The van der Waals surface area contributed by atoms with Crippen LogP contribution in [0.1, 0.15) is 16.8 Å². The molecule has 0 aromatic carbocycles. The Bertz CT molecular complexity index is 371. The highest BCUT2D eigenvalue weighted by atomic mass is 35.5. The van der Waals surface area contributed by atoms with Gasteiger partial charge in [-0.2, -0.15) is 0 Å². The summed E-state index contributed by atoms with van der Waals surface area (Å²) in [5.74, 6) is 0.781. The van der Waals surface area contributed by atoms with Gasteiger partial charge in [0.15, 0.2) is 11.1 Å². The summed E-state index contributed by atoms with van der Waals surface area (Å²) in [5, 5.41) is 0. The van der Waals surface area contributed by atoms with Crippen LogP contribution in [0, 0.1) is 13.8 Å². The zero-order valence-corrected chi connectivity index (χ0v) is 10.4. The van der Waals surface area contributed by atoms with Crippen LogP contribution in [0.2, 0.25) is 0 Å². The zero-order chi connectivity index (χ0) is 10.7. The Balaban J connectivity index is 0.00000196. The number of aromatic nitrogens is 1. The smallest absolute Gasteiger partial charge is 0.158 e. The maximum atomic E-state index is 10.6. The predicted molar refractivity (Wildman–Crippen MR) is 62.0 cm³/mol. The lowest BCUT2D eigenvalue weighted by Crippen LogP contribution is -2.02. The normalized spacial score (nSPS) is 11.7. The standard InChI is InChI=1S/C9H13NO3S.ClH/c1-6-4-10-8(5-14(11)12)7(2)9(6)13-3;/h4H,5H2,1-3H3,(H,11,12);1H. The van der Waals surface area contributed by atoms with E-state index in [0.717, 1.165) is 16.9 Å². The van der Waals surface area contributed by atoms with E-state index in [9.17, 15) is 4.21 Å². The third kappa shape index (κ3) is 3.44. The lowest BCUT2D eigenvalue weighted by Gasteiger charge is -2.10. The predicted octanol–water partition coefficient (Wildman–Crippen LogP) is 1.85. The molecule has 0 amide bonds. The second-order valence-corrected chi connectivity index (χ2v) is 3.94. The van der Waals surface area contributed by atoms with Crippen LogP contribution in [0.4, 0.5) is 0 Å². The summed E-state index contributed by atoms with van der Waals surface area (Å²) in [6, 6.07) is 0. The highest BCUT2D eigenvalue weighted by Gasteiger charge is 2.10. The second-order valence-electron chi connectivity index (χ2n) is 3.01. The van der Waals surface area contributed by atoms with Gasteiger partial charge in [-0.3, -0.25) is 4.98 Å². The minimum absolute atomic E-state index is 0. The second kappa shape index (κ2) is 6.05. The molecule has 4 nitrogen and oxygen atoms in total. The zero-order valence-electron chi connectivity index (χ0n) is 8.81. The monoisotopic (exact) mass is 251 g/mol. The van der Waals surface area contributed by atoms with E-state index in [2.05, 4.69) is 4.98 Å². The van der Waals surface area contributed by atoms with Gasteiger partial charge >= 0.3 is 0 Å². The first-order chi connectivity index (χ1) is 6.56. The van der Waals surface area contributed by atoms with Gasteiger partial charge in [0.05, 0.1) is 18.6 Å². The van der Waals surface area contributed by atoms with Crippen molar-refractivity contribution in [3.05, 3.63) is 23.0 Å². The van der Waals surface area contributed by atoms with Crippen LogP contribution in [-0.4, -0.2) is 20.9 Å². The Morgan fingerprint density at radius 2 is 2.13 bits per heavy atom. The number of halogens is 1. The van der Waals surface area contributed by atoms with Crippen molar-refractivity contribution in [2.24, 2.45) is 0 Å². The highest BCUT2D eigenvalue weighted by Crippen LogP contribution is 2.24. The Morgan fingerprint density at radius 1 is 1.53 bits per heavy atom. The van der Waals surface area contributed by atoms with Gasteiger partial charge in [-0.25, -0.2) is 4.21 Å². The SMILES string of the molecule is COc1c(C)cnc(CS(=O)O)c1C.Cl. The minimum atomic E-state index is -1.86. The molecule has 0 radical (unpaired) electrons. The van der Waals surface area contributed by atoms with Crippen LogP contribution in [0.25, 0.3) is 0 Å². The van der Waals surface area contributed by atoms with Crippen LogP contribution in [0.15, 0.2) is 6.20 Å². The maximum Gasteiger partial charge on any atom is 0.158 e. The van der Waals surface area contributed by atoms with Crippen LogP contribution < -0.4 is 4.74 Å². The van der Waals surface area contributed by atoms with E-state index in [1.54, 1.807) is 13.3 Å². The number of rotatable bonds is 3. The van der Waals surface area contributed by atoms with Crippen molar-refractivity contribution in [3.8, 4) is 5.75 Å². The van der Waals surface area contributed by atoms with Crippen LogP contribution in [0.3, 0.4) is 0 Å². The molecule has 0 fully saturated rings. The molecule has 6 heteroatoms. The minimum Gasteiger partial charge on any atom is -0.496 e. The summed E-state index contributed by atoms with van der Waals surface area (Å²) >= 11 is -1.86. The molecule has 1 N–H and O–H groups in total. The van der Waals surface area contributed by atoms with Crippen molar-refractivity contribution in [2.45, 2.75) is 19.6 Å². The third-order valence-corrected chi connectivity index (χ3v) is 2.53. The summed E-state index contributed by atoms with van der Waals surface area (Å²) in [5.41, 5.74) is 2.36. The van der Waals surface area contributed by atoms with Crippen molar-refractivity contribution >= 4 is 23.5 Å². The summed E-state index contributed by atoms with van der Waals surface area (Å²) in [6.07, 6.45) is 1.65. The van der Waals surface area contributed by atoms with E-state index in [1.165, 1.54) is 0 Å². The molecule has 0 spiro atoms. The Kier molecular flexibility index (Phi) is 5.79. The van der Waals surface area contributed by atoms with Gasteiger partial charge in [-0.1, -0.05) is 0 Å². The lowest BCUT2D eigenvalue weighted by atomic mass is 10.1. The average Bonchev–Trinajstić information content (AvgIpc) is 2.10. The summed E-state index contributed by atoms with van der Waals surface area (Å²) in [7, 11) is 1.58. The van der Waals surface area contributed by atoms with Gasteiger partial charge in [0.25, 0.3) is 0 Å². The number of ether oxygens (including phenoxy) is 1. The quantitative estimate of drug-likeness (QED) is 0.833. The fourth-order valence-corrected chi connectivity index (χ4v) is 1.86. The molecule has 0 saturated carbocycles. The molecule has 1 aromatic rings. The molecular weight excluding hydrogens is 238 g/mol. The number of hydrogen-bond donors (Lipinski definition) is 1. The molecule has 86 valence electrons. The van der Waals surface area contributed by atoms with E-state index in [1.807, 2.05) is 13.8 Å². The molecule has 0 saturated heterocycles. The van der Waals surface area contributed by atoms with Crippen molar-refractivity contribution in [1.82, 2.24) is 4.98 Å². The van der Waals surface area contributed by atoms with Crippen LogP contribution in [-0.2, 0) is 16.8 Å². The van der Waals surface area contributed by atoms with Crippen LogP contribution in [0.5, 0.6) is 5.75 Å². The van der Waals surface area contributed by atoms with E-state index in [4.69, 9.17) is 9.29 Å². The molecule has 1 heterocycles. The van der Waals surface area contributed by atoms with Gasteiger partial charge in [-0.15, -0.1) is 12.4 Å². The van der Waals surface area contributed by atoms with E-state index >= 15 is 0 Å². The number of methoxy groups -OCH3 is 1. The van der Waals surface area contributed by atoms with Crippen molar-refractivity contribution < 1.29 is 13.5 Å². The molecule has 0 bridgehead atoms. The van der Waals surface area contributed by atoms with Gasteiger partial charge in [0.2, 0.25) is 0 Å². The number of aryl methyl sites for hydroxylation is 1. The molecule has 1 aromatic heterocycles. The first-order valence-corrected chi connectivity index (χ1v) is 5.40. The molecule has 15 heavy (non-hydrogen) atoms. The number of pyridine rings is 1. The lowest BCUT2D eigenvalue weighted by molar-refractivity contribution is 0.407. The summed E-state index contributed by atoms with van der Waals surface area (Å²) in [6.45, 7) is 3.72. The largest absolute Gasteiger partial charge is 0.496 e.